The minimum absolute atomic E-state index is 0.0353. The van der Waals surface area contributed by atoms with Crippen LogP contribution in [0.25, 0.3) is 0 Å². The maximum Gasteiger partial charge on any atom is 0.411 e. The number of primary amides is 1. The SMILES string of the molecule is CC1CCC(CNc2c(NN3CCOCC3)nc(C(=N)OC(N)=O)nc2C2CCOCC2)CC1. The summed E-state index contributed by atoms with van der Waals surface area (Å²) in [5.74, 6) is 1.70. The van der Waals surface area contributed by atoms with Crippen LogP contribution in [-0.4, -0.2) is 73.0 Å². The molecule has 5 N–H and O–H groups in total. The molecule has 0 bridgehead atoms. The van der Waals surface area contributed by atoms with E-state index >= 15 is 0 Å². The van der Waals surface area contributed by atoms with Gasteiger partial charge >= 0.3 is 6.09 Å². The third kappa shape index (κ3) is 6.55. The van der Waals surface area contributed by atoms with Gasteiger partial charge in [0.15, 0.2) is 5.82 Å². The summed E-state index contributed by atoms with van der Waals surface area (Å²) in [6.45, 7) is 7.16. The summed E-state index contributed by atoms with van der Waals surface area (Å²) in [6, 6.07) is 0. The first-order valence-electron chi connectivity index (χ1n) is 12.4. The fourth-order valence-electron chi connectivity index (χ4n) is 4.85. The van der Waals surface area contributed by atoms with E-state index in [4.69, 9.17) is 30.3 Å². The minimum atomic E-state index is -1.06. The van der Waals surface area contributed by atoms with E-state index in [1.165, 1.54) is 25.7 Å². The van der Waals surface area contributed by atoms with E-state index in [1.54, 1.807) is 0 Å². The zero-order valence-electron chi connectivity index (χ0n) is 20.0. The summed E-state index contributed by atoms with van der Waals surface area (Å²) in [4.78, 5) is 20.6. The number of aromatic nitrogens is 2. The monoisotopic (exact) mass is 475 g/mol. The summed E-state index contributed by atoms with van der Waals surface area (Å²) in [6.07, 6.45) is 5.54. The van der Waals surface area contributed by atoms with Crippen LogP contribution < -0.4 is 16.5 Å². The minimum Gasteiger partial charge on any atom is -0.388 e. The van der Waals surface area contributed by atoms with Crippen molar-refractivity contribution in [2.75, 3.05) is 56.8 Å². The lowest BCUT2D eigenvalue weighted by atomic mass is 9.83. The second-order valence-electron chi connectivity index (χ2n) is 9.51. The molecule has 0 unspecified atom stereocenters. The number of hydrazine groups is 1. The number of hydrogen-bond donors (Lipinski definition) is 4. The number of hydrogen-bond acceptors (Lipinski definition) is 10. The molecule has 1 aliphatic carbocycles. The number of rotatable bonds is 7. The fraction of sp³-hybridized carbons (Fsp3) is 0.739. The molecule has 188 valence electrons. The number of nitrogens with two attached hydrogens (primary N) is 1. The number of nitrogens with one attached hydrogen (secondary N) is 3. The molecular formula is C23H37N7O4. The first kappa shape index (κ1) is 24.6. The van der Waals surface area contributed by atoms with Crippen molar-refractivity contribution in [2.45, 2.75) is 51.4 Å². The summed E-state index contributed by atoms with van der Waals surface area (Å²) >= 11 is 0. The van der Waals surface area contributed by atoms with Gasteiger partial charge in [-0.15, -0.1) is 0 Å². The number of amides is 1. The predicted molar refractivity (Wildman–Crippen MR) is 128 cm³/mol. The average Bonchev–Trinajstić information content (AvgIpc) is 2.84. The summed E-state index contributed by atoms with van der Waals surface area (Å²) in [7, 11) is 0. The smallest absolute Gasteiger partial charge is 0.388 e. The van der Waals surface area contributed by atoms with Crippen molar-refractivity contribution in [3.63, 3.8) is 0 Å². The maximum atomic E-state index is 11.3. The molecule has 3 fully saturated rings. The van der Waals surface area contributed by atoms with E-state index in [-0.39, 0.29) is 11.7 Å². The second kappa shape index (κ2) is 11.8. The van der Waals surface area contributed by atoms with E-state index in [0.717, 1.165) is 36.7 Å². The Morgan fingerprint density at radius 1 is 1.09 bits per heavy atom. The predicted octanol–water partition coefficient (Wildman–Crippen LogP) is 2.69. The molecule has 1 aromatic heterocycles. The van der Waals surface area contributed by atoms with Gasteiger partial charge in [0.2, 0.25) is 5.82 Å². The van der Waals surface area contributed by atoms with Crippen LogP contribution in [0.4, 0.5) is 16.3 Å². The van der Waals surface area contributed by atoms with Crippen LogP contribution >= 0.6 is 0 Å². The molecule has 34 heavy (non-hydrogen) atoms. The highest BCUT2D eigenvalue weighted by atomic mass is 16.6. The lowest BCUT2D eigenvalue weighted by molar-refractivity contribution is 0.0495. The Balaban J connectivity index is 1.65. The van der Waals surface area contributed by atoms with Crippen LogP contribution in [0.1, 0.15) is 62.9 Å². The third-order valence-corrected chi connectivity index (χ3v) is 6.93. The molecule has 4 rings (SSSR count). The Morgan fingerprint density at radius 3 is 2.44 bits per heavy atom. The van der Waals surface area contributed by atoms with E-state index in [9.17, 15) is 4.79 Å². The zero-order chi connectivity index (χ0) is 23.9. The highest BCUT2D eigenvalue weighted by molar-refractivity contribution is 5.95. The molecule has 0 spiro atoms. The number of anilines is 2. The third-order valence-electron chi connectivity index (χ3n) is 6.93. The van der Waals surface area contributed by atoms with Crippen LogP contribution in [0.15, 0.2) is 0 Å². The Morgan fingerprint density at radius 2 is 1.76 bits per heavy atom. The van der Waals surface area contributed by atoms with Crippen molar-refractivity contribution < 1.29 is 19.0 Å². The van der Waals surface area contributed by atoms with Crippen LogP contribution in [0.2, 0.25) is 0 Å². The molecule has 11 heteroatoms. The molecule has 0 radical (unpaired) electrons. The molecule has 0 atom stereocenters. The Kier molecular flexibility index (Phi) is 8.52. The lowest BCUT2D eigenvalue weighted by Gasteiger charge is -2.31. The summed E-state index contributed by atoms with van der Waals surface area (Å²) in [5.41, 5.74) is 10.2. The molecule has 0 aromatic carbocycles. The van der Waals surface area contributed by atoms with Gasteiger partial charge < -0.3 is 30.7 Å². The highest BCUT2D eigenvalue weighted by Crippen LogP contribution is 2.36. The maximum absolute atomic E-state index is 11.3. The largest absolute Gasteiger partial charge is 0.411 e. The molecule has 2 aliphatic heterocycles. The van der Waals surface area contributed by atoms with Gasteiger partial charge in [0.25, 0.3) is 5.90 Å². The molecule has 11 nitrogen and oxygen atoms in total. The average molecular weight is 476 g/mol. The molecule has 3 heterocycles. The van der Waals surface area contributed by atoms with Gasteiger partial charge in [0.05, 0.1) is 18.9 Å². The van der Waals surface area contributed by atoms with E-state index in [2.05, 4.69) is 27.7 Å². The Hall–Kier alpha value is -2.50. The van der Waals surface area contributed by atoms with Crippen LogP contribution in [0.3, 0.4) is 0 Å². The Bertz CT molecular complexity index is 848. The van der Waals surface area contributed by atoms with Gasteiger partial charge in [0.1, 0.15) is 5.69 Å². The molecule has 1 saturated carbocycles. The topological polar surface area (TPSA) is 148 Å². The van der Waals surface area contributed by atoms with Crippen LogP contribution in [0, 0.1) is 17.2 Å². The Labute approximate surface area is 200 Å². The first-order valence-corrected chi connectivity index (χ1v) is 12.4. The zero-order valence-corrected chi connectivity index (χ0v) is 20.0. The van der Waals surface area contributed by atoms with Crippen molar-refractivity contribution in [3.8, 4) is 0 Å². The fourth-order valence-corrected chi connectivity index (χ4v) is 4.85. The number of ether oxygens (including phenoxy) is 3. The van der Waals surface area contributed by atoms with E-state index in [1.807, 2.05) is 0 Å². The van der Waals surface area contributed by atoms with Gasteiger partial charge in [0, 0.05) is 38.8 Å². The number of carbonyl (C=O) groups excluding carboxylic acids is 1. The van der Waals surface area contributed by atoms with Gasteiger partial charge in [-0.2, -0.15) is 0 Å². The summed E-state index contributed by atoms with van der Waals surface area (Å²) < 4.78 is 15.9. The number of nitrogens with zero attached hydrogens (tertiary/aromatic N) is 3. The standard InChI is InChI=1S/C23H37N7O4/c1-15-2-4-16(5-3-15)14-26-19-18(17-6-10-32-11-7-17)27-22(20(24)34-23(25)31)28-21(19)29-30-8-12-33-13-9-30/h15-17,24,26H,2-14H2,1H3,(H2,25,31)(H,27,28,29). The molecular weight excluding hydrogens is 438 g/mol. The lowest BCUT2D eigenvalue weighted by Crippen LogP contribution is -2.41. The van der Waals surface area contributed by atoms with Crippen molar-refractivity contribution in [1.82, 2.24) is 15.0 Å². The van der Waals surface area contributed by atoms with E-state index in [0.29, 0.717) is 51.3 Å². The van der Waals surface area contributed by atoms with Crippen molar-refractivity contribution in [3.05, 3.63) is 11.5 Å². The first-order chi connectivity index (χ1) is 16.5. The normalized spacial score (nSPS) is 24.4. The van der Waals surface area contributed by atoms with Crippen LogP contribution in [-0.2, 0) is 14.2 Å². The van der Waals surface area contributed by atoms with Gasteiger partial charge in [-0.25, -0.2) is 19.8 Å². The van der Waals surface area contributed by atoms with Gasteiger partial charge in [-0.3, -0.25) is 5.41 Å². The quantitative estimate of drug-likeness (QED) is 0.345. The molecule has 1 aromatic rings. The highest BCUT2D eigenvalue weighted by Gasteiger charge is 2.28. The van der Waals surface area contributed by atoms with E-state index < -0.39 is 12.0 Å². The van der Waals surface area contributed by atoms with Crippen molar-refractivity contribution in [2.24, 2.45) is 17.6 Å². The molecule has 1 amide bonds. The van der Waals surface area contributed by atoms with Crippen molar-refractivity contribution in [1.29, 1.82) is 5.41 Å². The summed E-state index contributed by atoms with van der Waals surface area (Å²) in [5, 5.41) is 13.9. The van der Waals surface area contributed by atoms with Gasteiger partial charge in [-0.05, 0) is 37.5 Å². The molecule has 2 saturated heterocycles. The van der Waals surface area contributed by atoms with Crippen molar-refractivity contribution >= 4 is 23.5 Å². The number of morpholine rings is 1. The van der Waals surface area contributed by atoms with Gasteiger partial charge in [-0.1, -0.05) is 19.8 Å². The second-order valence-corrected chi connectivity index (χ2v) is 9.51. The number of carbonyl (C=O) groups is 1. The molecule has 3 aliphatic rings. The van der Waals surface area contributed by atoms with Crippen LogP contribution in [0.5, 0.6) is 0 Å².